The van der Waals surface area contributed by atoms with Gasteiger partial charge in [-0.3, -0.25) is 14.8 Å². The van der Waals surface area contributed by atoms with E-state index in [0.29, 0.717) is 10.4 Å². The summed E-state index contributed by atoms with van der Waals surface area (Å²) < 4.78 is 25.8. The number of aryl methyl sites for hydroxylation is 1. The number of carbonyl (C=O) groups excluding carboxylic acids is 2. The zero-order chi connectivity index (χ0) is 23.6. The standard InChI is InChI=1S/C23H24N2O5S3/c1-16-13-19(31-15-16)18-7-8-20(32-18)23(14-21(26)24-28)9-10-25(11-12-33(23,29)30)22(27)17-5-3-2-4-6-17/h2-8,13,15,28H,9-12,14H2,1H3,(H,24,26). The third-order valence-electron chi connectivity index (χ3n) is 5.92. The largest absolute Gasteiger partial charge is 0.338 e. The van der Waals surface area contributed by atoms with Crippen LogP contribution in [0.2, 0.25) is 0 Å². The van der Waals surface area contributed by atoms with Gasteiger partial charge < -0.3 is 4.90 Å². The van der Waals surface area contributed by atoms with E-state index in [4.69, 9.17) is 0 Å². The van der Waals surface area contributed by atoms with Gasteiger partial charge in [0.1, 0.15) is 4.75 Å². The van der Waals surface area contributed by atoms with Crippen molar-refractivity contribution < 1.29 is 23.2 Å². The van der Waals surface area contributed by atoms with Crippen LogP contribution in [-0.4, -0.2) is 49.2 Å². The topological polar surface area (TPSA) is 104 Å². The van der Waals surface area contributed by atoms with E-state index in [2.05, 4.69) is 0 Å². The molecule has 4 rings (SSSR count). The second kappa shape index (κ2) is 9.38. The highest BCUT2D eigenvalue weighted by atomic mass is 32.2. The molecule has 1 saturated heterocycles. The fourth-order valence-corrected chi connectivity index (χ4v) is 8.71. The zero-order valence-corrected chi connectivity index (χ0v) is 20.4. The SMILES string of the molecule is Cc1csc(-c2ccc(C3(CC(=O)NO)CCN(C(=O)c4ccccc4)CCS3(=O)=O)s2)c1. The molecule has 0 radical (unpaired) electrons. The predicted molar refractivity (Wildman–Crippen MR) is 129 cm³/mol. The number of nitrogens with zero attached hydrogens (tertiary/aromatic N) is 1. The quantitative estimate of drug-likeness (QED) is 0.406. The molecule has 1 aliphatic rings. The summed E-state index contributed by atoms with van der Waals surface area (Å²) in [6.45, 7) is 2.22. The van der Waals surface area contributed by atoms with Crippen molar-refractivity contribution in [3.63, 3.8) is 0 Å². The predicted octanol–water partition coefficient (Wildman–Crippen LogP) is 3.84. The lowest BCUT2D eigenvalue weighted by molar-refractivity contribution is -0.129. The van der Waals surface area contributed by atoms with Gasteiger partial charge in [-0.15, -0.1) is 22.7 Å². The van der Waals surface area contributed by atoms with Gasteiger partial charge in [-0.2, -0.15) is 0 Å². The van der Waals surface area contributed by atoms with E-state index >= 15 is 0 Å². The van der Waals surface area contributed by atoms with E-state index < -0.39 is 26.9 Å². The molecule has 0 saturated carbocycles. The molecule has 0 spiro atoms. The monoisotopic (exact) mass is 504 g/mol. The molecule has 2 aromatic heterocycles. The van der Waals surface area contributed by atoms with Crippen LogP contribution in [0.5, 0.6) is 0 Å². The first-order valence-electron chi connectivity index (χ1n) is 10.4. The molecule has 3 heterocycles. The lowest BCUT2D eigenvalue weighted by Crippen LogP contribution is -2.41. The van der Waals surface area contributed by atoms with Crippen LogP contribution in [-0.2, 0) is 19.4 Å². The highest BCUT2D eigenvalue weighted by Crippen LogP contribution is 2.46. The second-order valence-corrected chi connectivity index (χ2v) is 12.5. The minimum absolute atomic E-state index is 0.0426. The molecule has 2 N–H and O–H groups in total. The number of carbonyl (C=O) groups is 2. The summed E-state index contributed by atoms with van der Waals surface area (Å²) >= 11 is 2.92. The van der Waals surface area contributed by atoms with Gasteiger partial charge in [-0.05, 0) is 54.6 Å². The Balaban J connectivity index is 1.72. The van der Waals surface area contributed by atoms with E-state index in [0.717, 1.165) is 15.3 Å². The van der Waals surface area contributed by atoms with Gasteiger partial charge in [0.2, 0.25) is 5.91 Å². The Bertz CT molecular complexity index is 1270. The first-order valence-corrected chi connectivity index (χ1v) is 13.8. The Kier molecular flexibility index (Phi) is 6.71. The van der Waals surface area contributed by atoms with Gasteiger partial charge >= 0.3 is 0 Å². The second-order valence-electron chi connectivity index (χ2n) is 8.09. The molecule has 7 nitrogen and oxygen atoms in total. The van der Waals surface area contributed by atoms with Crippen molar-refractivity contribution in [1.29, 1.82) is 0 Å². The molecule has 0 bridgehead atoms. The lowest BCUT2D eigenvalue weighted by atomic mass is 9.97. The minimum Gasteiger partial charge on any atom is -0.338 e. The highest BCUT2D eigenvalue weighted by molar-refractivity contribution is 7.92. The fraction of sp³-hybridized carbons (Fsp3) is 0.304. The smallest absolute Gasteiger partial charge is 0.253 e. The number of rotatable bonds is 5. The molecule has 1 atom stereocenters. The van der Waals surface area contributed by atoms with Gasteiger partial charge in [-0.25, -0.2) is 13.9 Å². The first kappa shape index (κ1) is 23.6. The van der Waals surface area contributed by atoms with E-state index in [1.807, 2.05) is 30.5 Å². The minimum atomic E-state index is -3.84. The number of hydrogen-bond donors (Lipinski definition) is 2. The fourth-order valence-electron chi connectivity index (χ4n) is 4.11. The van der Waals surface area contributed by atoms with Crippen molar-refractivity contribution in [3.8, 4) is 9.75 Å². The summed E-state index contributed by atoms with van der Waals surface area (Å²) in [6, 6.07) is 14.4. The summed E-state index contributed by atoms with van der Waals surface area (Å²) in [5.41, 5.74) is 3.20. The van der Waals surface area contributed by atoms with Crippen LogP contribution in [0.15, 0.2) is 53.9 Å². The molecular formula is C23H24N2O5S3. The van der Waals surface area contributed by atoms with Crippen molar-refractivity contribution in [2.24, 2.45) is 0 Å². The van der Waals surface area contributed by atoms with Crippen LogP contribution < -0.4 is 5.48 Å². The Morgan fingerprint density at radius 3 is 2.55 bits per heavy atom. The zero-order valence-electron chi connectivity index (χ0n) is 18.0. The van der Waals surface area contributed by atoms with Crippen LogP contribution in [0, 0.1) is 6.92 Å². The number of thiophene rings is 2. The van der Waals surface area contributed by atoms with Crippen LogP contribution in [0.4, 0.5) is 0 Å². The van der Waals surface area contributed by atoms with E-state index in [1.165, 1.54) is 16.2 Å². The van der Waals surface area contributed by atoms with Crippen molar-refractivity contribution in [2.75, 3.05) is 18.8 Å². The van der Waals surface area contributed by atoms with Crippen molar-refractivity contribution >= 4 is 44.3 Å². The molecule has 1 unspecified atom stereocenters. The van der Waals surface area contributed by atoms with Gasteiger partial charge in [0.05, 0.1) is 12.2 Å². The van der Waals surface area contributed by atoms with E-state index in [1.54, 1.807) is 47.1 Å². The van der Waals surface area contributed by atoms with Gasteiger partial charge in [-0.1, -0.05) is 18.2 Å². The third-order valence-corrected chi connectivity index (χ3v) is 11.1. The Morgan fingerprint density at radius 1 is 1.12 bits per heavy atom. The maximum atomic E-state index is 13.6. The number of sulfone groups is 1. The summed E-state index contributed by atoms with van der Waals surface area (Å²) in [4.78, 5) is 29.3. The van der Waals surface area contributed by atoms with Crippen LogP contribution in [0.25, 0.3) is 9.75 Å². The molecule has 2 amide bonds. The van der Waals surface area contributed by atoms with Crippen molar-refractivity contribution in [3.05, 3.63) is 69.9 Å². The lowest BCUT2D eigenvalue weighted by Gasteiger charge is -2.30. The Labute approximate surface area is 200 Å². The van der Waals surface area contributed by atoms with Gasteiger partial charge in [0, 0.05) is 33.3 Å². The molecule has 1 aliphatic heterocycles. The molecule has 0 aliphatic carbocycles. The molecular weight excluding hydrogens is 480 g/mol. The van der Waals surface area contributed by atoms with Crippen LogP contribution >= 0.6 is 22.7 Å². The Hall–Kier alpha value is -2.53. The number of hydroxylamine groups is 1. The number of amides is 2. The molecule has 1 fully saturated rings. The first-order chi connectivity index (χ1) is 15.8. The Morgan fingerprint density at radius 2 is 1.88 bits per heavy atom. The summed E-state index contributed by atoms with van der Waals surface area (Å²) in [5.74, 6) is -1.28. The normalized spacial score (nSPS) is 20.2. The van der Waals surface area contributed by atoms with E-state index in [9.17, 15) is 23.2 Å². The maximum Gasteiger partial charge on any atom is 0.253 e. The molecule has 33 heavy (non-hydrogen) atoms. The van der Waals surface area contributed by atoms with Crippen LogP contribution in [0.1, 0.15) is 33.6 Å². The summed E-state index contributed by atoms with van der Waals surface area (Å²) in [5, 5.41) is 11.2. The van der Waals surface area contributed by atoms with Crippen molar-refractivity contribution in [1.82, 2.24) is 10.4 Å². The number of benzene rings is 1. The number of hydrogen-bond acceptors (Lipinski definition) is 7. The van der Waals surface area contributed by atoms with E-state index in [-0.39, 0.29) is 31.2 Å². The number of nitrogens with one attached hydrogen (secondary N) is 1. The molecule has 1 aromatic carbocycles. The van der Waals surface area contributed by atoms with Gasteiger partial charge in [0.25, 0.3) is 5.91 Å². The summed E-state index contributed by atoms with van der Waals surface area (Å²) in [6.07, 6.45) is -0.354. The molecule has 10 heteroatoms. The molecule has 3 aromatic rings. The average molecular weight is 505 g/mol. The van der Waals surface area contributed by atoms with Crippen LogP contribution in [0.3, 0.4) is 0 Å². The summed E-state index contributed by atoms with van der Waals surface area (Å²) in [7, 11) is -3.84. The average Bonchev–Trinajstić information content (AvgIpc) is 3.44. The maximum absolute atomic E-state index is 13.6. The molecule has 174 valence electrons. The van der Waals surface area contributed by atoms with Gasteiger partial charge in [0.15, 0.2) is 9.84 Å². The third kappa shape index (κ3) is 4.61. The highest BCUT2D eigenvalue weighted by Gasteiger charge is 2.49. The van der Waals surface area contributed by atoms with Crippen molar-refractivity contribution in [2.45, 2.75) is 24.5 Å².